The van der Waals surface area contributed by atoms with E-state index in [0.29, 0.717) is 27.5 Å². The van der Waals surface area contributed by atoms with E-state index < -0.39 is 6.61 Å². The van der Waals surface area contributed by atoms with Crippen molar-refractivity contribution in [2.75, 3.05) is 0 Å². The van der Waals surface area contributed by atoms with Crippen LogP contribution in [0.4, 0.5) is 8.78 Å². The second kappa shape index (κ2) is 6.67. The van der Waals surface area contributed by atoms with E-state index in [-0.39, 0.29) is 5.75 Å². The Morgan fingerprint density at radius 1 is 1.37 bits per heavy atom. The number of rotatable bonds is 5. The summed E-state index contributed by atoms with van der Waals surface area (Å²) in [4.78, 5) is 0. The first-order valence-electron chi connectivity index (χ1n) is 8.83. The summed E-state index contributed by atoms with van der Waals surface area (Å²) >= 11 is 5.29. The topological polar surface area (TPSA) is 55.2 Å². The lowest BCUT2D eigenvalue weighted by molar-refractivity contribution is -0.0498. The van der Waals surface area contributed by atoms with Gasteiger partial charge in [0.1, 0.15) is 5.75 Å². The van der Waals surface area contributed by atoms with Crippen molar-refractivity contribution in [2.24, 2.45) is 22.4 Å². The third-order valence-electron chi connectivity index (χ3n) is 5.82. The van der Waals surface area contributed by atoms with Crippen LogP contribution in [-0.2, 0) is 0 Å². The van der Waals surface area contributed by atoms with Crippen molar-refractivity contribution >= 4 is 18.4 Å². The van der Waals surface area contributed by atoms with Gasteiger partial charge in [-0.2, -0.15) is 23.7 Å². The third-order valence-corrected chi connectivity index (χ3v) is 6.09. The quantitative estimate of drug-likeness (QED) is 0.575. The van der Waals surface area contributed by atoms with E-state index in [9.17, 15) is 8.78 Å². The second-order valence-electron chi connectivity index (χ2n) is 7.56. The SMILES string of the molecule is CC1(C)[C@@H]2CC=C(/C=N\n3c(-c4ccc(OC(F)F)cc4)n[nH]c3=S)[C@H]1C2. The molecule has 8 heteroatoms. The monoisotopic (exact) mass is 390 g/mol. The summed E-state index contributed by atoms with van der Waals surface area (Å²) in [5.74, 6) is 1.89. The minimum Gasteiger partial charge on any atom is -0.435 e. The molecular weight excluding hydrogens is 370 g/mol. The van der Waals surface area contributed by atoms with E-state index in [0.717, 1.165) is 12.3 Å². The van der Waals surface area contributed by atoms with Gasteiger partial charge in [0.05, 0.1) is 6.21 Å². The summed E-state index contributed by atoms with van der Waals surface area (Å²) < 4.78 is 30.9. The number of hydrogen-bond acceptors (Lipinski definition) is 4. The number of benzene rings is 1. The number of aromatic nitrogens is 3. The minimum atomic E-state index is -2.85. The number of alkyl halides is 2. The number of aromatic amines is 1. The average molecular weight is 390 g/mol. The van der Waals surface area contributed by atoms with Crippen molar-refractivity contribution in [3.8, 4) is 17.1 Å². The summed E-state index contributed by atoms with van der Waals surface area (Å²) in [6.45, 7) is 1.77. The van der Waals surface area contributed by atoms with Crippen LogP contribution in [0.3, 0.4) is 0 Å². The number of halogens is 2. The highest BCUT2D eigenvalue weighted by Gasteiger charge is 2.50. The molecule has 0 saturated heterocycles. The number of nitrogens with one attached hydrogen (secondary N) is 1. The zero-order chi connectivity index (χ0) is 19.2. The molecule has 1 heterocycles. The molecule has 5 nitrogen and oxygen atoms in total. The van der Waals surface area contributed by atoms with Gasteiger partial charge in [0.25, 0.3) is 0 Å². The van der Waals surface area contributed by atoms with E-state index in [4.69, 9.17) is 12.2 Å². The molecule has 27 heavy (non-hydrogen) atoms. The second-order valence-corrected chi connectivity index (χ2v) is 7.94. The molecule has 1 aromatic carbocycles. The first-order valence-corrected chi connectivity index (χ1v) is 9.24. The number of nitrogens with zero attached hydrogens (tertiary/aromatic N) is 3. The van der Waals surface area contributed by atoms with Gasteiger partial charge in [-0.3, -0.25) is 0 Å². The Morgan fingerprint density at radius 2 is 2.11 bits per heavy atom. The maximum Gasteiger partial charge on any atom is 0.387 e. The van der Waals surface area contributed by atoms with E-state index in [1.54, 1.807) is 16.8 Å². The fourth-order valence-corrected chi connectivity index (χ4v) is 4.22. The van der Waals surface area contributed by atoms with E-state index in [2.05, 4.69) is 40.0 Å². The Labute approximate surface area is 160 Å². The van der Waals surface area contributed by atoms with Crippen LogP contribution in [0.2, 0.25) is 0 Å². The molecule has 1 fully saturated rings. The van der Waals surface area contributed by atoms with Crippen LogP contribution in [0.15, 0.2) is 41.0 Å². The predicted molar refractivity (Wildman–Crippen MR) is 101 cm³/mol. The highest BCUT2D eigenvalue weighted by molar-refractivity contribution is 7.71. The van der Waals surface area contributed by atoms with Gasteiger partial charge >= 0.3 is 6.61 Å². The number of allylic oxidation sites excluding steroid dienone is 2. The van der Waals surface area contributed by atoms with Crippen LogP contribution < -0.4 is 4.74 Å². The average Bonchev–Trinajstić information content (AvgIpc) is 3.00. The molecule has 142 valence electrons. The Bertz CT molecular complexity index is 959. The maximum atomic E-state index is 12.3. The zero-order valence-corrected chi connectivity index (χ0v) is 15.8. The van der Waals surface area contributed by atoms with Crippen molar-refractivity contribution in [3.05, 3.63) is 40.7 Å². The van der Waals surface area contributed by atoms with Gasteiger partial charge in [0.15, 0.2) is 5.82 Å². The summed E-state index contributed by atoms with van der Waals surface area (Å²) in [7, 11) is 0. The molecule has 1 aromatic heterocycles. The summed E-state index contributed by atoms with van der Waals surface area (Å²) in [5.41, 5.74) is 2.25. The Hall–Kier alpha value is -2.35. The lowest BCUT2D eigenvalue weighted by Gasteiger charge is -2.55. The van der Waals surface area contributed by atoms with E-state index in [1.807, 2.05) is 6.21 Å². The highest BCUT2D eigenvalue weighted by Crippen LogP contribution is 2.58. The Balaban J connectivity index is 1.59. The fourth-order valence-electron chi connectivity index (χ4n) is 4.04. The van der Waals surface area contributed by atoms with Crippen molar-refractivity contribution < 1.29 is 13.5 Å². The molecule has 0 unspecified atom stereocenters. The van der Waals surface area contributed by atoms with Gasteiger partial charge in [0, 0.05) is 5.56 Å². The lowest BCUT2D eigenvalue weighted by atomic mass is 9.49. The molecule has 1 N–H and O–H groups in total. The van der Waals surface area contributed by atoms with Crippen LogP contribution in [0.25, 0.3) is 11.4 Å². The van der Waals surface area contributed by atoms with Crippen LogP contribution in [0.5, 0.6) is 5.75 Å². The number of H-pyrrole nitrogens is 1. The van der Waals surface area contributed by atoms with Crippen molar-refractivity contribution in [3.63, 3.8) is 0 Å². The summed E-state index contributed by atoms with van der Waals surface area (Å²) in [6.07, 6.45) is 6.42. The van der Waals surface area contributed by atoms with Gasteiger partial charge in [-0.15, -0.1) is 0 Å². The number of fused-ring (bicyclic) bond motifs is 1. The van der Waals surface area contributed by atoms with E-state index in [1.165, 1.54) is 24.1 Å². The maximum absolute atomic E-state index is 12.3. The van der Waals surface area contributed by atoms with Gasteiger partial charge < -0.3 is 4.74 Å². The molecule has 3 aliphatic rings. The van der Waals surface area contributed by atoms with E-state index >= 15 is 0 Å². The van der Waals surface area contributed by atoms with Gasteiger partial charge in [-0.1, -0.05) is 19.9 Å². The molecule has 2 bridgehead atoms. The molecule has 2 atom stereocenters. The predicted octanol–water partition coefficient (Wildman–Crippen LogP) is 5.04. The highest BCUT2D eigenvalue weighted by atomic mass is 32.1. The molecule has 0 spiro atoms. The lowest BCUT2D eigenvalue weighted by Crippen LogP contribution is -2.48. The van der Waals surface area contributed by atoms with Gasteiger partial charge in [-0.05, 0) is 72.1 Å². The van der Waals surface area contributed by atoms with Gasteiger partial charge in [-0.25, -0.2) is 5.10 Å². The van der Waals surface area contributed by atoms with Crippen LogP contribution >= 0.6 is 12.2 Å². The molecule has 5 rings (SSSR count). The molecule has 3 aliphatic carbocycles. The largest absolute Gasteiger partial charge is 0.435 e. The smallest absolute Gasteiger partial charge is 0.387 e. The Kier molecular flexibility index (Phi) is 4.46. The van der Waals surface area contributed by atoms with Crippen molar-refractivity contribution in [2.45, 2.75) is 33.3 Å². The first-order chi connectivity index (χ1) is 12.9. The van der Waals surface area contributed by atoms with Crippen LogP contribution in [-0.4, -0.2) is 27.7 Å². The normalized spacial score (nSPS) is 23.4. The molecule has 1 saturated carbocycles. The summed E-state index contributed by atoms with van der Waals surface area (Å²) in [6, 6.07) is 6.23. The van der Waals surface area contributed by atoms with Crippen LogP contribution in [0.1, 0.15) is 26.7 Å². The summed E-state index contributed by atoms with van der Waals surface area (Å²) in [5, 5.41) is 11.5. The number of hydrogen-bond donors (Lipinski definition) is 1. The fraction of sp³-hybridized carbons (Fsp3) is 0.421. The minimum absolute atomic E-state index is 0.0899. The standard InChI is InChI=1S/C19H20F2N4OS/c1-19(2)13-6-3-12(15(19)9-13)10-22-25-16(23-24-18(25)27)11-4-7-14(8-5-11)26-17(20)21/h3-5,7-8,10,13,15,17H,6,9H2,1-2H3,(H,24,27)/b22-10-/t13-,15-/m1/s1. The Morgan fingerprint density at radius 3 is 2.74 bits per heavy atom. The van der Waals surface area contributed by atoms with Gasteiger partial charge in [0.2, 0.25) is 4.77 Å². The number of ether oxygens (including phenoxy) is 1. The molecule has 0 radical (unpaired) electrons. The van der Waals surface area contributed by atoms with Crippen molar-refractivity contribution in [1.29, 1.82) is 0 Å². The molecular formula is C19H20F2N4OS. The van der Waals surface area contributed by atoms with Crippen LogP contribution in [0, 0.1) is 22.0 Å². The molecule has 0 aliphatic heterocycles. The zero-order valence-electron chi connectivity index (χ0n) is 15.0. The first kappa shape index (κ1) is 18.0. The molecule has 2 aromatic rings. The third kappa shape index (κ3) is 3.22. The van der Waals surface area contributed by atoms with Crippen molar-refractivity contribution in [1.82, 2.24) is 14.9 Å². The molecule has 0 amide bonds.